The molecule has 2 aromatic carbocycles. The quantitative estimate of drug-likeness (QED) is 0.551. The van der Waals surface area contributed by atoms with Crippen molar-refractivity contribution in [2.45, 2.75) is 32.4 Å². The van der Waals surface area contributed by atoms with Crippen molar-refractivity contribution in [1.82, 2.24) is 5.32 Å². The standard InChI is InChI=1S/C21H22N2OS/c1-16(21-14-18-8-2-3-10-20(18)25-21)23-15-17-7-6-9-19(13-17)24-12-5-4-11-22/h2-3,6-10,13-14,16,23H,4-5,12,15H2,1H3. The van der Waals surface area contributed by atoms with E-state index in [4.69, 9.17) is 10.00 Å². The first-order valence-electron chi connectivity index (χ1n) is 8.57. The maximum absolute atomic E-state index is 8.56. The first-order chi connectivity index (χ1) is 12.3. The molecule has 1 atom stereocenters. The Labute approximate surface area is 152 Å². The number of fused-ring (bicyclic) bond motifs is 1. The van der Waals surface area contributed by atoms with Gasteiger partial charge in [0.05, 0.1) is 12.7 Å². The molecule has 1 N–H and O–H groups in total. The van der Waals surface area contributed by atoms with Crippen LogP contribution >= 0.6 is 11.3 Å². The van der Waals surface area contributed by atoms with E-state index in [1.54, 1.807) is 0 Å². The third-order valence-corrected chi connectivity index (χ3v) is 5.38. The van der Waals surface area contributed by atoms with Crippen LogP contribution in [0.25, 0.3) is 10.1 Å². The third-order valence-electron chi connectivity index (χ3n) is 4.08. The molecule has 0 fully saturated rings. The second-order valence-corrected chi connectivity index (χ2v) is 7.16. The third kappa shape index (κ3) is 4.82. The van der Waals surface area contributed by atoms with Crippen LogP contribution in [0.5, 0.6) is 5.75 Å². The predicted molar refractivity (Wildman–Crippen MR) is 104 cm³/mol. The molecule has 0 aliphatic heterocycles. The highest BCUT2D eigenvalue weighted by atomic mass is 32.1. The summed E-state index contributed by atoms with van der Waals surface area (Å²) in [6.45, 7) is 3.58. The fraction of sp³-hybridized carbons (Fsp3) is 0.286. The maximum Gasteiger partial charge on any atom is 0.119 e. The second-order valence-electron chi connectivity index (χ2n) is 6.05. The zero-order valence-corrected chi connectivity index (χ0v) is 15.2. The van der Waals surface area contributed by atoms with Gasteiger partial charge < -0.3 is 10.1 Å². The Morgan fingerprint density at radius 3 is 2.88 bits per heavy atom. The van der Waals surface area contributed by atoms with Crippen molar-refractivity contribution in [2.24, 2.45) is 0 Å². The minimum absolute atomic E-state index is 0.303. The highest BCUT2D eigenvalue weighted by Crippen LogP contribution is 2.29. The lowest BCUT2D eigenvalue weighted by molar-refractivity contribution is 0.312. The van der Waals surface area contributed by atoms with E-state index in [1.807, 2.05) is 23.5 Å². The Bertz CT molecular complexity index is 832. The lowest BCUT2D eigenvalue weighted by atomic mass is 10.2. The van der Waals surface area contributed by atoms with Crippen molar-refractivity contribution in [2.75, 3.05) is 6.61 Å². The lowest BCUT2D eigenvalue weighted by Gasteiger charge is -2.13. The van der Waals surface area contributed by atoms with Crippen LogP contribution in [-0.2, 0) is 6.54 Å². The van der Waals surface area contributed by atoms with Gasteiger partial charge in [-0.1, -0.05) is 30.3 Å². The Balaban J connectivity index is 1.56. The second kappa shape index (κ2) is 8.66. The SMILES string of the molecule is CC(NCc1cccc(OCCCC#N)c1)c1cc2ccccc2s1. The number of unbranched alkanes of at least 4 members (excludes halogenated alkanes) is 1. The van der Waals surface area contributed by atoms with Crippen molar-refractivity contribution in [3.05, 3.63) is 65.0 Å². The van der Waals surface area contributed by atoms with Crippen molar-refractivity contribution in [1.29, 1.82) is 5.26 Å². The predicted octanol–water partition coefficient (Wildman–Crippen LogP) is 5.43. The number of ether oxygens (including phenoxy) is 1. The molecule has 0 radical (unpaired) electrons. The lowest BCUT2D eigenvalue weighted by Crippen LogP contribution is -2.17. The average molecular weight is 350 g/mol. The minimum Gasteiger partial charge on any atom is -0.494 e. The van der Waals surface area contributed by atoms with E-state index in [2.05, 4.69) is 60.8 Å². The molecule has 0 saturated carbocycles. The summed E-state index contributed by atoms with van der Waals surface area (Å²) < 4.78 is 7.04. The molecule has 0 aliphatic carbocycles. The van der Waals surface area contributed by atoms with Gasteiger partial charge in [-0.3, -0.25) is 0 Å². The molecule has 1 aromatic heterocycles. The summed E-state index contributed by atoms with van der Waals surface area (Å²) in [5, 5.41) is 13.5. The largest absolute Gasteiger partial charge is 0.494 e. The van der Waals surface area contributed by atoms with E-state index in [9.17, 15) is 0 Å². The van der Waals surface area contributed by atoms with E-state index < -0.39 is 0 Å². The number of benzene rings is 2. The van der Waals surface area contributed by atoms with E-state index in [0.717, 1.165) is 18.7 Å². The molecule has 0 saturated heterocycles. The molecule has 0 bridgehead atoms. The van der Waals surface area contributed by atoms with Crippen LogP contribution in [-0.4, -0.2) is 6.61 Å². The summed E-state index contributed by atoms with van der Waals surface area (Å²) >= 11 is 1.85. The first-order valence-corrected chi connectivity index (χ1v) is 9.38. The van der Waals surface area contributed by atoms with E-state index in [-0.39, 0.29) is 0 Å². The van der Waals surface area contributed by atoms with Gasteiger partial charge in [0.1, 0.15) is 5.75 Å². The molecule has 4 heteroatoms. The first kappa shape index (κ1) is 17.5. The molecule has 1 heterocycles. The number of nitrogens with zero attached hydrogens (tertiary/aromatic N) is 1. The Morgan fingerprint density at radius 2 is 2.04 bits per heavy atom. The van der Waals surface area contributed by atoms with Crippen LogP contribution < -0.4 is 10.1 Å². The summed E-state index contributed by atoms with van der Waals surface area (Å²) in [4.78, 5) is 1.35. The van der Waals surface area contributed by atoms with Crippen molar-refractivity contribution >= 4 is 21.4 Å². The number of hydrogen-bond acceptors (Lipinski definition) is 4. The highest BCUT2D eigenvalue weighted by molar-refractivity contribution is 7.19. The molecule has 0 spiro atoms. The van der Waals surface area contributed by atoms with Crippen molar-refractivity contribution < 1.29 is 4.74 Å². The topological polar surface area (TPSA) is 45.0 Å². The number of thiophene rings is 1. The zero-order valence-electron chi connectivity index (χ0n) is 14.4. The van der Waals surface area contributed by atoms with Gasteiger partial charge in [0.2, 0.25) is 0 Å². The summed E-state index contributed by atoms with van der Waals surface area (Å²) in [6.07, 6.45) is 1.30. The fourth-order valence-electron chi connectivity index (χ4n) is 2.67. The van der Waals surface area contributed by atoms with E-state index in [1.165, 1.54) is 20.5 Å². The minimum atomic E-state index is 0.303. The van der Waals surface area contributed by atoms with Gasteiger partial charge in [0.25, 0.3) is 0 Å². The molecule has 1 unspecified atom stereocenters. The van der Waals surface area contributed by atoms with Gasteiger partial charge in [0, 0.05) is 28.6 Å². The van der Waals surface area contributed by atoms with Crippen LogP contribution in [0.1, 0.15) is 36.2 Å². The molecule has 3 nitrogen and oxygen atoms in total. The molecule has 0 amide bonds. The fourth-order valence-corrected chi connectivity index (χ4v) is 3.77. The Morgan fingerprint density at radius 1 is 1.16 bits per heavy atom. The molecular formula is C21H22N2OS. The number of rotatable bonds is 8. The normalized spacial score (nSPS) is 12.0. The van der Waals surface area contributed by atoms with Crippen LogP contribution in [0.2, 0.25) is 0 Å². The zero-order chi connectivity index (χ0) is 17.5. The van der Waals surface area contributed by atoms with Gasteiger partial charge in [-0.05, 0) is 48.6 Å². The van der Waals surface area contributed by atoms with Gasteiger partial charge in [-0.15, -0.1) is 11.3 Å². The van der Waals surface area contributed by atoms with E-state index >= 15 is 0 Å². The molecule has 3 rings (SSSR count). The van der Waals surface area contributed by atoms with Crippen LogP contribution in [0.4, 0.5) is 0 Å². The maximum atomic E-state index is 8.56. The summed E-state index contributed by atoms with van der Waals surface area (Å²) in [5.74, 6) is 0.867. The Hall–Kier alpha value is -2.35. The van der Waals surface area contributed by atoms with Gasteiger partial charge in [-0.25, -0.2) is 0 Å². The van der Waals surface area contributed by atoms with Crippen LogP contribution in [0.15, 0.2) is 54.6 Å². The molecule has 0 aliphatic rings. The van der Waals surface area contributed by atoms with Gasteiger partial charge in [0.15, 0.2) is 0 Å². The number of hydrogen-bond donors (Lipinski definition) is 1. The molecule has 3 aromatic rings. The van der Waals surface area contributed by atoms with Gasteiger partial charge in [-0.2, -0.15) is 5.26 Å². The van der Waals surface area contributed by atoms with E-state index in [0.29, 0.717) is 19.1 Å². The van der Waals surface area contributed by atoms with Crippen LogP contribution in [0.3, 0.4) is 0 Å². The number of nitriles is 1. The molecule has 128 valence electrons. The molecule has 25 heavy (non-hydrogen) atoms. The summed E-state index contributed by atoms with van der Waals surface area (Å²) in [5.41, 5.74) is 1.20. The van der Waals surface area contributed by atoms with Crippen LogP contribution in [0, 0.1) is 11.3 Å². The van der Waals surface area contributed by atoms with Crippen molar-refractivity contribution in [3.63, 3.8) is 0 Å². The van der Waals surface area contributed by atoms with Gasteiger partial charge >= 0.3 is 0 Å². The summed E-state index contributed by atoms with van der Waals surface area (Å²) in [6, 6.07) is 21.4. The monoisotopic (exact) mass is 350 g/mol. The number of nitrogens with one attached hydrogen (secondary N) is 1. The smallest absolute Gasteiger partial charge is 0.119 e. The average Bonchev–Trinajstić information content (AvgIpc) is 3.08. The summed E-state index contributed by atoms with van der Waals surface area (Å²) in [7, 11) is 0. The Kier molecular flexibility index (Phi) is 6.05. The highest BCUT2D eigenvalue weighted by Gasteiger charge is 2.09. The molecular weight excluding hydrogens is 328 g/mol. The van der Waals surface area contributed by atoms with Crippen molar-refractivity contribution in [3.8, 4) is 11.8 Å².